The summed E-state index contributed by atoms with van der Waals surface area (Å²) in [6.45, 7) is 2.42. The molecule has 1 aromatic heterocycles. The molecule has 1 atom stereocenters. The summed E-state index contributed by atoms with van der Waals surface area (Å²) in [5, 5.41) is 3.07. The fourth-order valence-electron chi connectivity index (χ4n) is 1.21. The standard InChI is InChI=1S/C8H14N5O.ClH.Hg/c1-5(14-3)4-10-8-12-6(2)11-7(9)13-8;;/h5H,1,4H2,2-3H3,(H3,9,10,11,12,13);1H;/q;;+1/p-1. The number of nitrogen functional groups attached to an aromatic ring is 1. The van der Waals surface area contributed by atoms with E-state index in [1.165, 1.54) is 0 Å². The summed E-state index contributed by atoms with van der Waals surface area (Å²) in [5.41, 5.74) is 5.51. The molecular formula is C8H14ClHgN5O. The van der Waals surface area contributed by atoms with E-state index in [0.717, 1.165) is 3.93 Å². The third-order valence-corrected chi connectivity index (χ3v) is 7.28. The summed E-state index contributed by atoms with van der Waals surface area (Å²) < 4.78 is 6.27. The molecule has 0 aromatic carbocycles. The first-order valence-corrected chi connectivity index (χ1v) is 15.6. The van der Waals surface area contributed by atoms with E-state index in [2.05, 4.69) is 20.3 Å². The number of nitrogens with one attached hydrogen (secondary N) is 1. The van der Waals surface area contributed by atoms with Crippen molar-refractivity contribution in [1.82, 2.24) is 15.0 Å². The molecular weight excluding hydrogens is 418 g/mol. The molecule has 0 aliphatic carbocycles. The minimum atomic E-state index is -1.18. The molecule has 8 heteroatoms. The van der Waals surface area contributed by atoms with Gasteiger partial charge in [0.2, 0.25) is 0 Å². The average Bonchev–Trinajstić information content (AvgIpc) is 2.23. The summed E-state index contributed by atoms with van der Waals surface area (Å²) in [6.07, 6.45) is 0.137. The fraction of sp³-hybridized carbons (Fsp3) is 0.625. The van der Waals surface area contributed by atoms with Gasteiger partial charge in [0.05, 0.1) is 0 Å². The molecule has 0 amide bonds. The fourth-order valence-corrected chi connectivity index (χ4v) is 6.00. The van der Waals surface area contributed by atoms with Gasteiger partial charge in [-0.3, -0.25) is 0 Å². The molecule has 0 aliphatic rings. The number of nitrogens with zero attached hydrogens (tertiary/aromatic N) is 3. The van der Waals surface area contributed by atoms with Crippen molar-refractivity contribution in [3.8, 4) is 0 Å². The number of halogens is 1. The Morgan fingerprint density at radius 2 is 2.25 bits per heavy atom. The van der Waals surface area contributed by atoms with Crippen molar-refractivity contribution in [3.05, 3.63) is 5.82 Å². The van der Waals surface area contributed by atoms with E-state index < -0.39 is 23.3 Å². The normalized spacial score (nSPS) is 11.9. The van der Waals surface area contributed by atoms with Crippen molar-refractivity contribution in [3.63, 3.8) is 0 Å². The van der Waals surface area contributed by atoms with E-state index in [9.17, 15) is 0 Å². The summed E-state index contributed by atoms with van der Waals surface area (Å²) in [5.74, 6) is 1.31. The van der Waals surface area contributed by atoms with Gasteiger partial charge in [0.15, 0.2) is 0 Å². The maximum atomic E-state index is 5.86. The van der Waals surface area contributed by atoms with Crippen LogP contribution in [0, 0.1) is 6.92 Å². The van der Waals surface area contributed by atoms with Crippen LogP contribution in [-0.2, 0) is 28.1 Å². The van der Waals surface area contributed by atoms with Gasteiger partial charge in [-0.25, -0.2) is 0 Å². The van der Waals surface area contributed by atoms with Gasteiger partial charge in [-0.2, -0.15) is 0 Å². The predicted molar refractivity (Wildman–Crippen MR) is 58.9 cm³/mol. The number of anilines is 2. The predicted octanol–water partition coefficient (Wildman–Crippen LogP) is 0.844. The average molecular weight is 432 g/mol. The molecule has 1 heterocycles. The minimum absolute atomic E-state index is 0.137. The van der Waals surface area contributed by atoms with Crippen molar-refractivity contribution in [2.75, 3.05) is 24.7 Å². The van der Waals surface area contributed by atoms with Crippen LogP contribution in [0.15, 0.2) is 0 Å². The Labute approximate surface area is 110 Å². The van der Waals surface area contributed by atoms with Crippen LogP contribution in [0.1, 0.15) is 5.82 Å². The number of aromatic nitrogens is 3. The topological polar surface area (TPSA) is 86.0 Å². The molecule has 0 fully saturated rings. The Bertz CT molecular complexity index is 320. The van der Waals surface area contributed by atoms with Gasteiger partial charge in [0.25, 0.3) is 0 Å². The van der Waals surface area contributed by atoms with Crippen LogP contribution in [-0.4, -0.2) is 34.7 Å². The summed E-state index contributed by atoms with van der Waals surface area (Å²) in [6, 6.07) is 0. The molecule has 3 N–H and O–H groups in total. The molecule has 86 valence electrons. The van der Waals surface area contributed by atoms with Gasteiger partial charge < -0.3 is 0 Å². The van der Waals surface area contributed by atoms with Crippen LogP contribution in [0.3, 0.4) is 0 Å². The molecule has 0 radical (unpaired) electrons. The Morgan fingerprint density at radius 3 is 2.81 bits per heavy atom. The molecule has 6 nitrogen and oxygen atoms in total. The zero-order chi connectivity index (χ0) is 12.0. The second kappa shape index (κ2) is 7.19. The van der Waals surface area contributed by atoms with Crippen molar-refractivity contribution >= 4 is 20.1 Å². The molecule has 0 aliphatic heterocycles. The Hall–Kier alpha value is -0.205. The van der Waals surface area contributed by atoms with Crippen LogP contribution in [0.4, 0.5) is 11.9 Å². The quantitative estimate of drug-likeness (QED) is 0.649. The van der Waals surface area contributed by atoms with Crippen LogP contribution in [0.2, 0.25) is 3.93 Å². The van der Waals surface area contributed by atoms with Crippen LogP contribution >= 0.6 is 8.25 Å². The summed E-state index contributed by atoms with van der Waals surface area (Å²) in [7, 11) is 7.54. The number of hydrogen-bond acceptors (Lipinski definition) is 6. The maximum absolute atomic E-state index is 5.86. The third kappa shape index (κ3) is 4.75. The summed E-state index contributed by atoms with van der Waals surface area (Å²) >= 11 is -1.18. The van der Waals surface area contributed by atoms with Gasteiger partial charge in [0.1, 0.15) is 0 Å². The Kier molecular flexibility index (Phi) is 6.22. The van der Waals surface area contributed by atoms with Gasteiger partial charge in [-0.1, -0.05) is 0 Å². The molecule has 1 unspecified atom stereocenters. The van der Waals surface area contributed by atoms with E-state index >= 15 is 0 Å². The molecule has 16 heavy (non-hydrogen) atoms. The molecule has 0 saturated carbocycles. The molecule has 1 aromatic rings. The SMILES string of the molecule is COC(CNc1nc(C)nc(N)n1)[CH2][Hg][Cl]. The first-order valence-electron chi connectivity index (χ1n) is 4.96. The van der Waals surface area contributed by atoms with Crippen LogP contribution in [0.25, 0.3) is 0 Å². The Morgan fingerprint density at radius 1 is 1.50 bits per heavy atom. The van der Waals surface area contributed by atoms with Gasteiger partial charge in [0, 0.05) is 0 Å². The van der Waals surface area contributed by atoms with E-state index in [0.29, 0.717) is 18.3 Å². The first-order chi connectivity index (χ1) is 7.65. The number of hydrogen-bond donors (Lipinski definition) is 2. The second-order valence-corrected chi connectivity index (χ2v) is 10.3. The molecule has 0 spiro atoms. The first kappa shape index (κ1) is 13.9. The van der Waals surface area contributed by atoms with E-state index in [1.807, 2.05) is 0 Å². The second-order valence-electron chi connectivity index (χ2n) is 3.28. The molecule has 0 bridgehead atoms. The third-order valence-electron chi connectivity index (χ3n) is 2.02. The van der Waals surface area contributed by atoms with Crippen molar-refractivity contribution in [2.24, 2.45) is 0 Å². The van der Waals surface area contributed by atoms with Crippen molar-refractivity contribution in [1.29, 1.82) is 0 Å². The van der Waals surface area contributed by atoms with Gasteiger partial charge >= 0.3 is 111 Å². The van der Waals surface area contributed by atoms with Crippen LogP contribution < -0.4 is 11.1 Å². The number of methoxy groups -OCH3 is 1. The zero-order valence-corrected chi connectivity index (χ0v) is 15.7. The van der Waals surface area contributed by atoms with E-state index in [-0.39, 0.29) is 12.1 Å². The van der Waals surface area contributed by atoms with E-state index in [1.54, 1.807) is 14.0 Å². The zero-order valence-electron chi connectivity index (χ0n) is 9.40. The van der Waals surface area contributed by atoms with Crippen LogP contribution in [0.5, 0.6) is 0 Å². The number of aryl methyl sites for hydroxylation is 1. The summed E-state index contributed by atoms with van der Waals surface area (Å²) in [4.78, 5) is 12.0. The Balaban J connectivity index is 2.52. The number of nitrogens with two attached hydrogens (primary N) is 1. The van der Waals surface area contributed by atoms with Crippen molar-refractivity contribution in [2.45, 2.75) is 17.0 Å². The molecule has 1 rings (SSSR count). The van der Waals surface area contributed by atoms with Crippen molar-refractivity contribution < 1.29 is 28.1 Å². The van der Waals surface area contributed by atoms with Gasteiger partial charge in [-0.05, 0) is 0 Å². The number of ether oxygens (including phenoxy) is 1. The number of rotatable bonds is 6. The monoisotopic (exact) mass is 433 g/mol. The molecule has 0 saturated heterocycles. The van der Waals surface area contributed by atoms with E-state index in [4.69, 9.17) is 18.7 Å². The van der Waals surface area contributed by atoms with Gasteiger partial charge in [-0.15, -0.1) is 0 Å².